The van der Waals surface area contributed by atoms with Crippen LogP contribution in [0.5, 0.6) is 5.75 Å². The van der Waals surface area contributed by atoms with Gasteiger partial charge in [-0.15, -0.1) is 0 Å². The Balaban J connectivity index is 2.10. The first-order valence-corrected chi connectivity index (χ1v) is 7.21. The molecule has 5 nitrogen and oxygen atoms in total. The van der Waals surface area contributed by atoms with Crippen molar-refractivity contribution in [3.63, 3.8) is 0 Å². The second-order valence-corrected chi connectivity index (χ2v) is 4.87. The van der Waals surface area contributed by atoms with Crippen LogP contribution in [-0.4, -0.2) is 24.1 Å². The number of carboxylic acid groups (broad SMARTS) is 1. The monoisotopic (exact) mass is 323 g/mol. The van der Waals surface area contributed by atoms with Gasteiger partial charge in [0.25, 0.3) is 0 Å². The van der Waals surface area contributed by atoms with E-state index in [2.05, 4.69) is 5.32 Å². The Morgan fingerprint density at radius 3 is 2.25 bits per heavy atom. The Labute approximate surface area is 139 Å². The second kappa shape index (κ2) is 8.33. The van der Waals surface area contributed by atoms with Gasteiger partial charge in [-0.05, 0) is 35.4 Å². The summed E-state index contributed by atoms with van der Waals surface area (Å²) in [5, 5.41) is 11.6. The molecule has 0 radical (unpaired) electrons. The maximum absolute atomic E-state index is 11.9. The van der Waals surface area contributed by atoms with Gasteiger partial charge in [0, 0.05) is 6.08 Å². The average Bonchev–Trinajstić information content (AvgIpc) is 2.61. The van der Waals surface area contributed by atoms with Gasteiger partial charge in [-0.3, -0.25) is 4.79 Å². The van der Waals surface area contributed by atoms with E-state index in [1.54, 1.807) is 37.5 Å². The number of hydrogen-bond donors (Lipinski definition) is 2. The number of amides is 1. The first-order valence-electron chi connectivity index (χ1n) is 7.21. The lowest BCUT2D eigenvalue weighted by Crippen LogP contribution is -2.25. The number of benzene rings is 2. The van der Waals surface area contributed by atoms with E-state index in [-0.39, 0.29) is 5.70 Å². The van der Waals surface area contributed by atoms with Gasteiger partial charge in [0.1, 0.15) is 11.4 Å². The topological polar surface area (TPSA) is 75.6 Å². The highest BCUT2D eigenvalue weighted by Crippen LogP contribution is 2.13. The van der Waals surface area contributed by atoms with Crippen LogP contribution in [0.2, 0.25) is 0 Å². The average molecular weight is 323 g/mol. The number of rotatable bonds is 6. The van der Waals surface area contributed by atoms with Gasteiger partial charge < -0.3 is 15.2 Å². The molecule has 2 aromatic rings. The van der Waals surface area contributed by atoms with Crippen LogP contribution in [0, 0.1) is 0 Å². The quantitative estimate of drug-likeness (QED) is 0.802. The Hall–Kier alpha value is -3.34. The summed E-state index contributed by atoms with van der Waals surface area (Å²) in [4.78, 5) is 23.2. The van der Waals surface area contributed by atoms with E-state index < -0.39 is 11.9 Å². The van der Waals surface area contributed by atoms with Gasteiger partial charge in [0.15, 0.2) is 0 Å². The van der Waals surface area contributed by atoms with E-state index in [4.69, 9.17) is 4.74 Å². The third kappa shape index (κ3) is 5.14. The van der Waals surface area contributed by atoms with Crippen LogP contribution < -0.4 is 10.1 Å². The van der Waals surface area contributed by atoms with Crippen LogP contribution in [0.4, 0.5) is 0 Å². The van der Waals surface area contributed by atoms with Crippen molar-refractivity contribution in [2.24, 2.45) is 0 Å². The molecule has 122 valence electrons. The fraction of sp³-hybridized carbons (Fsp3) is 0.0526. The molecule has 0 saturated heterocycles. The van der Waals surface area contributed by atoms with E-state index in [0.717, 1.165) is 5.56 Å². The first-order chi connectivity index (χ1) is 11.6. The summed E-state index contributed by atoms with van der Waals surface area (Å²) < 4.78 is 5.04. The number of ether oxygens (including phenoxy) is 1. The molecule has 0 spiro atoms. The molecule has 0 aliphatic rings. The Bertz CT molecular complexity index is 762. The zero-order valence-corrected chi connectivity index (χ0v) is 13.1. The van der Waals surface area contributed by atoms with Crippen LogP contribution in [0.15, 0.2) is 66.4 Å². The molecule has 0 aliphatic carbocycles. The molecule has 0 atom stereocenters. The van der Waals surface area contributed by atoms with Crippen LogP contribution >= 0.6 is 0 Å². The van der Waals surface area contributed by atoms with Crippen molar-refractivity contribution in [2.75, 3.05) is 7.11 Å². The molecule has 5 heteroatoms. The molecule has 0 unspecified atom stereocenters. The van der Waals surface area contributed by atoms with Gasteiger partial charge in [0.2, 0.25) is 5.91 Å². The summed E-state index contributed by atoms with van der Waals surface area (Å²) in [6.45, 7) is 0. The standard InChI is InChI=1S/C19H17NO4/c1-24-16-10-7-15(8-11-16)13-17(19(22)23)20-18(21)12-9-14-5-3-2-4-6-14/h2-13H,1H3,(H,20,21)(H,22,23)/b12-9+,17-13+. The molecule has 2 rings (SSSR count). The van der Waals surface area contributed by atoms with E-state index in [1.807, 2.05) is 30.3 Å². The lowest BCUT2D eigenvalue weighted by Gasteiger charge is -2.04. The molecule has 0 aromatic heterocycles. The molecule has 0 fully saturated rings. The fourth-order valence-electron chi connectivity index (χ4n) is 1.93. The smallest absolute Gasteiger partial charge is 0.352 e. The number of hydrogen-bond acceptors (Lipinski definition) is 3. The molecule has 0 heterocycles. The van der Waals surface area contributed by atoms with E-state index in [1.165, 1.54) is 12.2 Å². The zero-order chi connectivity index (χ0) is 17.4. The summed E-state index contributed by atoms with van der Waals surface area (Å²) in [6.07, 6.45) is 4.29. The van der Waals surface area contributed by atoms with E-state index in [0.29, 0.717) is 11.3 Å². The highest BCUT2D eigenvalue weighted by Gasteiger charge is 2.10. The fourth-order valence-corrected chi connectivity index (χ4v) is 1.93. The lowest BCUT2D eigenvalue weighted by molar-refractivity contribution is -0.134. The molecule has 0 bridgehead atoms. The van der Waals surface area contributed by atoms with Crippen molar-refractivity contribution in [1.29, 1.82) is 0 Å². The van der Waals surface area contributed by atoms with Crippen LogP contribution in [0.25, 0.3) is 12.2 Å². The molecule has 24 heavy (non-hydrogen) atoms. The van der Waals surface area contributed by atoms with Gasteiger partial charge in [-0.1, -0.05) is 42.5 Å². The van der Waals surface area contributed by atoms with Crippen LogP contribution in [0.1, 0.15) is 11.1 Å². The number of nitrogens with one attached hydrogen (secondary N) is 1. The predicted molar refractivity (Wildman–Crippen MR) is 92.2 cm³/mol. The van der Waals surface area contributed by atoms with Crippen LogP contribution in [-0.2, 0) is 9.59 Å². The lowest BCUT2D eigenvalue weighted by atomic mass is 10.2. The molecule has 1 amide bonds. The summed E-state index contributed by atoms with van der Waals surface area (Å²) in [5.41, 5.74) is 1.28. The molecule has 2 aromatic carbocycles. The van der Waals surface area contributed by atoms with Crippen molar-refractivity contribution in [3.05, 3.63) is 77.5 Å². The van der Waals surface area contributed by atoms with E-state index in [9.17, 15) is 14.7 Å². The predicted octanol–water partition coefficient (Wildman–Crippen LogP) is 2.95. The number of aliphatic carboxylic acids is 1. The van der Waals surface area contributed by atoms with Crippen molar-refractivity contribution in [3.8, 4) is 5.75 Å². The van der Waals surface area contributed by atoms with Gasteiger partial charge in [-0.25, -0.2) is 4.79 Å². The van der Waals surface area contributed by atoms with Crippen molar-refractivity contribution in [1.82, 2.24) is 5.32 Å². The minimum absolute atomic E-state index is 0.206. The summed E-state index contributed by atoms with van der Waals surface area (Å²) in [6, 6.07) is 16.1. The third-order valence-corrected chi connectivity index (χ3v) is 3.14. The largest absolute Gasteiger partial charge is 0.497 e. The SMILES string of the molecule is COc1ccc(/C=C(/NC(=O)/C=C/c2ccccc2)C(=O)O)cc1. The maximum Gasteiger partial charge on any atom is 0.352 e. The maximum atomic E-state index is 11.9. The summed E-state index contributed by atoms with van der Waals surface area (Å²) >= 11 is 0. The molecule has 0 saturated carbocycles. The highest BCUT2D eigenvalue weighted by molar-refractivity contribution is 6.01. The van der Waals surface area contributed by atoms with Crippen molar-refractivity contribution < 1.29 is 19.4 Å². The summed E-state index contributed by atoms with van der Waals surface area (Å²) in [5.74, 6) is -1.06. The minimum Gasteiger partial charge on any atom is -0.497 e. The number of carboxylic acids is 1. The van der Waals surface area contributed by atoms with Gasteiger partial charge in [0.05, 0.1) is 7.11 Å². The zero-order valence-electron chi connectivity index (χ0n) is 13.1. The third-order valence-electron chi connectivity index (χ3n) is 3.14. The Morgan fingerprint density at radius 2 is 1.67 bits per heavy atom. The minimum atomic E-state index is -1.22. The summed E-state index contributed by atoms with van der Waals surface area (Å²) in [7, 11) is 1.55. The molecular formula is C19H17NO4. The number of methoxy groups -OCH3 is 1. The van der Waals surface area contributed by atoms with E-state index >= 15 is 0 Å². The normalized spacial score (nSPS) is 11.3. The van der Waals surface area contributed by atoms with Crippen molar-refractivity contribution in [2.45, 2.75) is 0 Å². The van der Waals surface area contributed by atoms with Gasteiger partial charge in [-0.2, -0.15) is 0 Å². The second-order valence-electron chi connectivity index (χ2n) is 4.87. The Kier molecular flexibility index (Phi) is 5.91. The molecule has 0 aliphatic heterocycles. The number of carbonyl (C=O) groups excluding carboxylic acids is 1. The van der Waals surface area contributed by atoms with Crippen molar-refractivity contribution >= 4 is 24.0 Å². The number of carbonyl (C=O) groups is 2. The molecule has 2 N–H and O–H groups in total. The Morgan fingerprint density at radius 1 is 1.00 bits per heavy atom. The first kappa shape index (κ1) is 17.0. The molecular weight excluding hydrogens is 306 g/mol. The van der Waals surface area contributed by atoms with Gasteiger partial charge >= 0.3 is 5.97 Å². The highest BCUT2D eigenvalue weighted by atomic mass is 16.5. The van der Waals surface area contributed by atoms with Crippen LogP contribution in [0.3, 0.4) is 0 Å².